The van der Waals surface area contributed by atoms with Gasteiger partial charge in [-0.2, -0.15) is 0 Å². The van der Waals surface area contributed by atoms with Gasteiger partial charge in [0.25, 0.3) is 5.91 Å². The molecule has 4 heteroatoms. The van der Waals surface area contributed by atoms with E-state index in [0.29, 0.717) is 12.2 Å². The van der Waals surface area contributed by atoms with E-state index < -0.39 is 0 Å². The molecule has 0 saturated heterocycles. The van der Waals surface area contributed by atoms with Crippen LogP contribution in [0.5, 0.6) is 0 Å². The molecule has 1 heterocycles. The summed E-state index contributed by atoms with van der Waals surface area (Å²) in [7, 11) is 0. The molecule has 2 rings (SSSR count). The molecule has 21 heavy (non-hydrogen) atoms. The number of rotatable bonds is 5. The largest absolute Gasteiger partial charge is 0.330 e. The summed E-state index contributed by atoms with van der Waals surface area (Å²) < 4.78 is 0.872. The Morgan fingerprint density at radius 2 is 1.95 bits per heavy atom. The van der Waals surface area contributed by atoms with Crippen molar-refractivity contribution < 1.29 is 4.79 Å². The van der Waals surface area contributed by atoms with Crippen LogP contribution in [0.15, 0.2) is 53.1 Å². The van der Waals surface area contributed by atoms with Crippen LogP contribution in [-0.2, 0) is 6.54 Å². The molecule has 1 aromatic heterocycles. The van der Waals surface area contributed by atoms with Gasteiger partial charge in [0.2, 0.25) is 0 Å². The van der Waals surface area contributed by atoms with Crippen molar-refractivity contribution in [3.63, 3.8) is 0 Å². The molecule has 0 bridgehead atoms. The summed E-state index contributed by atoms with van der Waals surface area (Å²) in [5, 5.41) is 0. The zero-order valence-corrected chi connectivity index (χ0v) is 13.9. The van der Waals surface area contributed by atoms with Crippen LogP contribution < -0.4 is 0 Å². The molecule has 3 nitrogen and oxygen atoms in total. The van der Waals surface area contributed by atoms with Crippen LogP contribution in [0, 0.1) is 0 Å². The average Bonchev–Trinajstić information content (AvgIpc) is 2.53. The maximum Gasteiger partial charge on any atom is 0.272 e. The van der Waals surface area contributed by atoms with Gasteiger partial charge in [0.15, 0.2) is 0 Å². The van der Waals surface area contributed by atoms with Gasteiger partial charge >= 0.3 is 0 Å². The Hall–Kier alpha value is -1.68. The lowest BCUT2D eigenvalue weighted by Gasteiger charge is -2.28. The number of aromatic nitrogens is 1. The van der Waals surface area contributed by atoms with Crippen molar-refractivity contribution in [2.45, 2.75) is 32.9 Å². The second kappa shape index (κ2) is 7.36. The van der Waals surface area contributed by atoms with E-state index in [4.69, 9.17) is 0 Å². The molecule has 0 fully saturated rings. The zero-order chi connectivity index (χ0) is 15.2. The number of amides is 1. The summed E-state index contributed by atoms with van der Waals surface area (Å²) in [6.07, 6.45) is 2.57. The van der Waals surface area contributed by atoms with E-state index in [2.05, 4.69) is 34.8 Å². The number of carbonyl (C=O) groups excluding carboxylic acids is 1. The predicted octanol–water partition coefficient (Wildman–Crippen LogP) is 4.29. The van der Waals surface area contributed by atoms with Crippen LogP contribution in [0.4, 0.5) is 0 Å². The van der Waals surface area contributed by atoms with Crippen molar-refractivity contribution in [2.75, 3.05) is 0 Å². The lowest BCUT2D eigenvalue weighted by Crippen LogP contribution is -2.38. The van der Waals surface area contributed by atoms with Gasteiger partial charge in [0.05, 0.1) is 0 Å². The van der Waals surface area contributed by atoms with E-state index in [1.807, 2.05) is 41.3 Å². The van der Waals surface area contributed by atoms with E-state index >= 15 is 0 Å². The summed E-state index contributed by atoms with van der Waals surface area (Å²) in [5.74, 6) is -0.0271. The lowest BCUT2D eigenvalue weighted by atomic mass is 10.1. The highest BCUT2D eigenvalue weighted by Crippen LogP contribution is 2.15. The van der Waals surface area contributed by atoms with E-state index in [-0.39, 0.29) is 11.9 Å². The second-order valence-corrected chi connectivity index (χ2v) is 5.95. The van der Waals surface area contributed by atoms with Gasteiger partial charge in [-0.1, -0.05) is 37.3 Å². The molecule has 0 spiro atoms. The predicted molar refractivity (Wildman–Crippen MR) is 88.0 cm³/mol. The molecule has 2 aromatic rings. The number of halogens is 1. The highest BCUT2D eigenvalue weighted by molar-refractivity contribution is 9.10. The van der Waals surface area contributed by atoms with Crippen molar-refractivity contribution in [3.05, 3.63) is 64.4 Å². The molecule has 110 valence electrons. The summed E-state index contributed by atoms with van der Waals surface area (Å²) in [5.41, 5.74) is 1.61. The fourth-order valence-electron chi connectivity index (χ4n) is 2.08. The van der Waals surface area contributed by atoms with Gasteiger partial charge in [-0.25, -0.2) is 4.98 Å². The Bertz CT molecular complexity index is 583. The molecular formula is C17H19BrN2O. The molecule has 1 amide bonds. The third-order valence-electron chi connectivity index (χ3n) is 3.53. The third-order valence-corrected chi connectivity index (χ3v) is 4.00. The first kappa shape index (κ1) is 15.7. The van der Waals surface area contributed by atoms with Gasteiger partial charge in [0, 0.05) is 23.3 Å². The summed E-state index contributed by atoms with van der Waals surface area (Å²) in [6.45, 7) is 4.76. The zero-order valence-electron chi connectivity index (χ0n) is 12.3. The molecule has 0 aliphatic rings. The Balaban J connectivity index is 2.23. The van der Waals surface area contributed by atoms with Crippen molar-refractivity contribution in [1.82, 2.24) is 9.88 Å². The van der Waals surface area contributed by atoms with Gasteiger partial charge in [0.1, 0.15) is 5.69 Å². The van der Waals surface area contributed by atoms with Gasteiger partial charge in [-0.05, 0) is 47.0 Å². The SMILES string of the molecule is CCC(C)N(Cc1ccccc1)C(=O)c1ccc(Br)cn1. The molecule has 1 unspecified atom stereocenters. The van der Waals surface area contributed by atoms with Crippen LogP contribution in [0.1, 0.15) is 36.3 Å². The Morgan fingerprint density at radius 3 is 2.52 bits per heavy atom. The quantitative estimate of drug-likeness (QED) is 0.809. The molecule has 0 aliphatic carbocycles. The number of pyridine rings is 1. The number of hydrogen-bond donors (Lipinski definition) is 0. The number of carbonyl (C=O) groups is 1. The Labute approximate surface area is 134 Å². The van der Waals surface area contributed by atoms with E-state index in [0.717, 1.165) is 16.5 Å². The minimum atomic E-state index is -0.0271. The van der Waals surface area contributed by atoms with Crippen molar-refractivity contribution in [1.29, 1.82) is 0 Å². The van der Waals surface area contributed by atoms with Crippen LogP contribution in [0.25, 0.3) is 0 Å². The Kier molecular flexibility index (Phi) is 5.51. The number of nitrogens with zero attached hydrogens (tertiary/aromatic N) is 2. The molecular weight excluding hydrogens is 328 g/mol. The fraction of sp³-hybridized carbons (Fsp3) is 0.294. The van der Waals surface area contributed by atoms with Crippen molar-refractivity contribution in [3.8, 4) is 0 Å². The van der Waals surface area contributed by atoms with E-state index in [1.54, 1.807) is 12.3 Å². The molecule has 0 N–H and O–H groups in total. The van der Waals surface area contributed by atoms with Crippen LogP contribution in [0.3, 0.4) is 0 Å². The molecule has 1 atom stereocenters. The lowest BCUT2D eigenvalue weighted by molar-refractivity contribution is 0.0665. The standard InChI is InChI=1S/C17H19BrN2O/c1-3-13(2)20(12-14-7-5-4-6-8-14)17(21)16-10-9-15(18)11-19-16/h4-11,13H,3,12H2,1-2H3. The normalized spacial score (nSPS) is 12.0. The first-order valence-corrected chi connectivity index (χ1v) is 7.87. The molecule has 0 radical (unpaired) electrons. The minimum absolute atomic E-state index is 0.0271. The van der Waals surface area contributed by atoms with Gasteiger partial charge < -0.3 is 4.90 Å². The van der Waals surface area contributed by atoms with Crippen LogP contribution >= 0.6 is 15.9 Å². The summed E-state index contributed by atoms with van der Waals surface area (Å²) in [4.78, 5) is 18.8. The van der Waals surface area contributed by atoms with Crippen molar-refractivity contribution >= 4 is 21.8 Å². The van der Waals surface area contributed by atoms with Gasteiger partial charge in [-0.15, -0.1) is 0 Å². The number of hydrogen-bond acceptors (Lipinski definition) is 2. The van der Waals surface area contributed by atoms with E-state index in [9.17, 15) is 4.79 Å². The smallest absolute Gasteiger partial charge is 0.272 e. The first-order valence-electron chi connectivity index (χ1n) is 7.08. The van der Waals surface area contributed by atoms with Crippen molar-refractivity contribution in [2.24, 2.45) is 0 Å². The first-order chi connectivity index (χ1) is 10.1. The average molecular weight is 347 g/mol. The maximum atomic E-state index is 12.7. The fourth-order valence-corrected chi connectivity index (χ4v) is 2.31. The molecule has 0 aliphatic heterocycles. The van der Waals surface area contributed by atoms with E-state index in [1.165, 1.54) is 0 Å². The Morgan fingerprint density at radius 1 is 1.24 bits per heavy atom. The monoisotopic (exact) mass is 346 g/mol. The third kappa shape index (κ3) is 4.14. The molecule has 0 saturated carbocycles. The minimum Gasteiger partial charge on any atom is -0.330 e. The highest BCUT2D eigenvalue weighted by atomic mass is 79.9. The van der Waals surface area contributed by atoms with Crippen LogP contribution in [-0.4, -0.2) is 21.8 Å². The van der Waals surface area contributed by atoms with Gasteiger partial charge in [-0.3, -0.25) is 4.79 Å². The second-order valence-electron chi connectivity index (χ2n) is 5.04. The van der Waals surface area contributed by atoms with Crippen LogP contribution in [0.2, 0.25) is 0 Å². The number of benzene rings is 1. The maximum absolute atomic E-state index is 12.7. The topological polar surface area (TPSA) is 33.2 Å². The molecule has 1 aromatic carbocycles. The highest BCUT2D eigenvalue weighted by Gasteiger charge is 2.21. The summed E-state index contributed by atoms with van der Waals surface area (Å²) in [6, 6.07) is 13.8. The summed E-state index contributed by atoms with van der Waals surface area (Å²) >= 11 is 3.34.